The van der Waals surface area contributed by atoms with Gasteiger partial charge in [0.05, 0.1) is 0 Å². The molecule has 1 amide bonds. The predicted octanol–water partition coefficient (Wildman–Crippen LogP) is 0.781. The highest BCUT2D eigenvalue weighted by Gasteiger charge is 2.37. The van der Waals surface area contributed by atoms with Crippen molar-refractivity contribution in [3.8, 4) is 0 Å². The van der Waals surface area contributed by atoms with Gasteiger partial charge in [-0.1, -0.05) is 13.8 Å². The van der Waals surface area contributed by atoms with Crippen LogP contribution in [0.15, 0.2) is 0 Å². The lowest BCUT2D eigenvalue weighted by atomic mass is 9.92. The van der Waals surface area contributed by atoms with Crippen LogP contribution in [0.4, 0.5) is 0 Å². The number of carbonyl (C=O) groups is 2. The number of carbonyl (C=O) groups excluding carboxylic acids is 1. The van der Waals surface area contributed by atoms with Crippen LogP contribution in [0.25, 0.3) is 0 Å². The summed E-state index contributed by atoms with van der Waals surface area (Å²) in [6.45, 7) is 5.04. The van der Waals surface area contributed by atoms with Gasteiger partial charge in [0, 0.05) is 7.11 Å². The molecule has 1 unspecified atom stereocenters. The molecule has 0 radical (unpaired) electrons. The minimum absolute atomic E-state index is 0.348. The van der Waals surface area contributed by atoms with E-state index in [4.69, 9.17) is 9.84 Å². The van der Waals surface area contributed by atoms with Gasteiger partial charge in [-0.15, -0.1) is 0 Å². The Bertz CT molecular complexity index is 236. The van der Waals surface area contributed by atoms with E-state index >= 15 is 0 Å². The Balaban J connectivity index is 4.69. The van der Waals surface area contributed by atoms with Gasteiger partial charge in [-0.05, 0) is 19.8 Å². The molecule has 0 bridgehead atoms. The number of hydrogen-bond acceptors (Lipinski definition) is 3. The molecule has 0 fully saturated rings. The Kier molecular flexibility index (Phi) is 5.28. The number of ether oxygens (including phenoxy) is 1. The Morgan fingerprint density at radius 3 is 2.13 bits per heavy atom. The first kappa shape index (κ1) is 13.9. The molecular weight excluding hydrogens is 198 g/mol. The lowest BCUT2D eigenvalue weighted by Gasteiger charge is -2.29. The SMILES string of the molecule is CCC(CC)(NC(=O)C(C)OC)C(=O)O. The van der Waals surface area contributed by atoms with Crippen LogP contribution >= 0.6 is 0 Å². The van der Waals surface area contributed by atoms with Crippen molar-refractivity contribution in [3.05, 3.63) is 0 Å². The molecule has 1 atom stereocenters. The fraction of sp³-hybridized carbons (Fsp3) is 0.800. The van der Waals surface area contributed by atoms with Gasteiger partial charge in [0.1, 0.15) is 11.6 Å². The first-order valence-corrected chi connectivity index (χ1v) is 5.01. The topological polar surface area (TPSA) is 75.6 Å². The molecule has 0 saturated carbocycles. The summed E-state index contributed by atoms with van der Waals surface area (Å²) in [4.78, 5) is 22.6. The summed E-state index contributed by atoms with van der Waals surface area (Å²) < 4.78 is 4.82. The monoisotopic (exact) mass is 217 g/mol. The number of rotatable bonds is 6. The molecule has 0 aromatic rings. The van der Waals surface area contributed by atoms with E-state index in [1.165, 1.54) is 7.11 Å². The quantitative estimate of drug-likeness (QED) is 0.689. The minimum Gasteiger partial charge on any atom is -0.480 e. The molecule has 2 N–H and O–H groups in total. The maximum atomic E-state index is 11.5. The smallest absolute Gasteiger partial charge is 0.329 e. The standard InChI is InChI=1S/C10H19NO4/c1-5-10(6-2,9(13)14)11-8(12)7(3)15-4/h7H,5-6H2,1-4H3,(H,11,12)(H,13,14). The molecule has 5 heteroatoms. The van der Waals surface area contributed by atoms with Crippen molar-refractivity contribution in [1.82, 2.24) is 5.32 Å². The highest BCUT2D eigenvalue weighted by molar-refractivity contribution is 5.88. The summed E-state index contributed by atoms with van der Waals surface area (Å²) in [5.74, 6) is -1.41. The normalized spacial score (nSPS) is 13.3. The van der Waals surface area contributed by atoms with E-state index in [1.807, 2.05) is 0 Å². The number of carboxylic acids is 1. The van der Waals surface area contributed by atoms with Crippen molar-refractivity contribution < 1.29 is 19.4 Å². The van der Waals surface area contributed by atoms with Crippen molar-refractivity contribution in [1.29, 1.82) is 0 Å². The van der Waals surface area contributed by atoms with Gasteiger partial charge >= 0.3 is 5.97 Å². The molecule has 5 nitrogen and oxygen atoms in total. The maximum absolute atomic E-state index is 11.5. The van der Waals surface area contributed by atoms with E-state index in [1.54, 1.807) is 20.8 Å². The van der Waals surface area contributed by atoms with Crippen LogP contribution in [0.2, 0.25) is 0 Å². The van der Waals surface area contributed by atoms with Crippen LogP contribution in [-0.4, -0.2) is 35.7 Å². The van der Waals surface area contributed by atoms with Crippen molar-refractivity contribution in [2.24, 2.45) is 0 Å². The van der Waals surface area contributed by atoms with Crippen LogP contribution in [0, 0.1) is 0 Å². The summed E-state index contributed by atoms with van der Waals surface area (Å²) in [5.41, 5.74) is -1.18. The highest BCUT2D eigenvalue weighted by Crippen LogP contribution is 2.15. The first-order valence-electron chi connectivity index (χ1n) is 5.01. The van der Waals surface area contributed by atoms with Gasteiger partial charge < -0.3 is 15.2 Å². The summed E-state index contributed by atoms with van der Waals surface area (Å²) in [7, 11) is 1.41. The third kappa shape index (κ3) is 3.20. The molecule has 0 aliphatic carbocycles. The molecule has 0 aliphatic rings. The van der Waals surface area contributed by atoms with Crippen molar-refractivity contribution in [3.63, 3.8) is 0 Å². The van der Waals surface area contributed by atoms with E-state index in [0.29, 0.717) is 12.8 Å². The Labute approximate surface area is 89.8 Å². The van der Waals surface area contributed by atoms with Gasteiger partial charge in [-0.2, -0.15) is 0 Å². The summed E-state index contributed by atoms with van der Waals surface area (Å²) in [5, 5.41) is 11.6. The van der Waals surface area contributed by atoms with Crippen LogP contribution in [0.1, 0.15) is 33.6 Å². The lowest BCUT2D eigenvalue weighted by Crippen LogP contribution is -2.56. The van der Waals surface area contributed by atoms with Crippen molar-refractivity contribution >= 4 is 11.9 Å². The molecule has 0 spiro atoms. The fourth-order valence-corrected chi connectivity index (χ4v) is 1.23. The Hall–Kier alpha value is -1.10. The molecule has 0 aromatic carbocycles. The van der Waals surface area contributed by atoms with Gasteiger partial charge in [0.2, 0.25) is 5.91 Å². The molecule has 0 rings (SSSR count). The molecule has 0 saturated heterocycles. The third-order valence-electron chi connectivity index (χ3n) is 2.70. The molecule has 0 aromatic heterocycles. The summed E-state index contributed by atoms with van der Waals surface area (Å²) >= 11 is 0. The Morgan fingerprint density at radius 1 is 1.40 bits per heavy atom. The fourth-order valence-electron chi connectivity index (χ4n) is 1.23. The molecule has 0 aliphatic heterocycles. The third-order valence-corrected chi connectivity index (χ3v) is 2.70. The van der Waals surface area contributed by atoms with Crippen molar-refractivity contribution in [2.45, 2.75) is 45.3 Å². The average molecular weight is 217 g/mol. The number of hydrogen-bond donors (Lipinski definition) is 2. The van der Waals surface area contributed by atoms with E-state index in [9.17, 15) is 9.59 Å². The van der Waals surface area contributed by atoms with E-state index in [-0.39, 0.29) is 0 Å². The number of amides is 1. The largest absolute Gasteiger partial charge is 0.480 e. The summed E-state index contributed by atoms with van der Waals surface area (Å²) in [6.07, 6.45) is 0.0592. The zero-order chi connectivity index (χ0) is 12.1. The van der Waals surface area contributed by atoms with E-state index in [2.05, 4.69) is 5.32 Å². The zero-order valence-corrected chi connectivity index (χ0v) is 9.66. The van der Waals surface area contributed by atoms with Gasteiger partial charge in [0.25, 0.3) is 0 Å². The predicted molar refractivity (Wildman–Crippen MR) is 55.6 cm³/mol. The number of aliphatic carboxylic acids is 1. The number of carboxylic acid groups (broad SMARTS) is 1. The van der Waals surface area contributed by atoms with Gasteiger partial charge in [-0.25, -0.2) is 4.79 Å². The van der Waals surface area contributed by atoms with Crippen LogP contribution in [0.3, 0.4) is 0 Å². The molecule has 0 heterocycles. The van der Waals surface area contributed by atoms with Crippen LogP contribution in [0.5, 0.6) is 0 Å². The van der Waals surface area contributed by atoms with Crippen molar-refractivity contribution in [2.75, 3.05) is 7.11 Å². The second kappa shape index (κ2) is 5.70. The van der Waals surface area contributed by atoms with Gasteiger partial charge in [-0.3, -0.25) is 4.79 Å². The second-order valence-electron chi connectivity index (χ2n) is 3.46. The first-order chi connectivity index (χ1) is 6.93. The molecule has 88 valence electrons. The number of methoxy groups -OCH3 is 1. The van der Waals surface area contributed by atoms with E-state index in [0.717, 1.165) is 0 Å². The summed E-state index contributed by atoms with van der Waals surface area (Å²) in [6, 6.07) is 0. The number of nitrogens with one attached hydrogen (secondary N) is 1. The molecular formula is C10H19NO4. The van der Waals surface area contributed by atoms with E-state index < -0.39 is 23.5 Å². The highest BCUT2D eigenvalue weighted by atomic mass is 16.5. The van der Waals surface area contributed by atoms with Crippen LogP contribution < -0.4 is 5.32 Å². The van der Waals surface area contributed by atoms with Gasteiger partial charge in [0.15, 0.2) is 0 Å². The Morgan fingerprint density at radius 2 is 1.87 bits per heavy atom. The average Bonchev–Trinajstić information content (AvgIpc) is 2.24. The minimum atomic E-state index is -1.18. The second-order valence-corrected chi connectivity index (χ2v) is 3.46. The zero-order valence-electron chi connectivity index (χ0n) is 9.66. The maximum Gasteiger partial charge on any atom is 0.329 e. The molecule has 15 heavy (non-hydrogen) atoms. The van der Waals surface area contributed by atoms with Crippen LogP contribution in [-0.2, 0) is 14.3 Å². The lowest BCUT2D eigenvalue weighted by molar-refractivity contribution is -0.149.